The van der Waals surface area contributed by atoms with Crippen LogP contribution in [0.5, 0.6) is 0 Å². The van der Waals surface area contributed by atoms with E-state index in [0.29, 0.717) is 11.9 Å². The van der Waals surface area contributed by atoms with E-state index < -0.39 is 0 Å². The molecule has 0 aromatic heterocycles. The highest BCUT2D eigenvalue weighted by Gasteiger charge is 2.39. The third-order valence-electron chi connectivity index (χ3n) is 3.85. The molecular weight excluding hydrogens is 212 g/mol. The molecule has 1 amide bonds. The Balaban J connectivity index is 2.70. The molecule has 2 atom stereocenters. The van der Waals surface area contributed by atoms with Gasteiger partial charge in [0.15, 0.2) is 0 Å². The maximum absolute atomic E-state index is 12.4. The predicted octanol–water partition coefficient (Wildman–Crippen LogP) is 2.90. The number of hydrogen-bond donors (Lipinski definition) is 1. The number of rotatable bonds is 7. The second-order valence-electron chi connectivity index (χ2n) is 5.00. The zero-order chi connectivity index (χ0) is 12.8. The van der Waals surface area contributed by atoms with E-state index in [1.54, 1.807) is 0 Å². The number of nitrogens with zero attached hydrogens (tertiary/aromatic N) is 1. The molecule has 1 heterocycles. The Morgan fingerprint density at radius 1 is 1.24 bits per heavy atom. The van der Waals surface area contributed by atoms with Gasteiger partial charge in [-0.25, -0.2) is 0 Å². The van der Waals surface area contributed by atoms with Crippen LogP contribution in [0.1, 0.15) is 66.2 Å². The molecule has 0 aromatic rings. The van der Waals surface area contributed by atoms with Crippen molar-refractivity contribution in [2.75, 3.05) is 0 Å². The maximum Gasteiger partial charge on any atom is 0.241 e. The molecule has 0 radical (unpaired) electrons. The van der Waals surface area contributed by atoms with Gasteiger partial charge in [0.2, 0.25) is 5.91 Å². The van der Waals surface area contributed by atoms with Gasteiger partial charge in [-0.05, 0) is 25.7 Å². The Bertz CT molecular complexity index is 238. The molecule has 100 valence electrons. The molecule has 1 N–H and O–H groups in total. The summed E-state index contributed by atoms with van der Waals surface area (Å²) in [5.41, 5.74) is 0. The third kappa shape index (κ3) is 3.21. The fourth-order valence-electron chi connectivity index (χ4n) is 2.76. The summed E-state index contributed by atoms with van der Waals surface area (Å²) in [6.07, 6.45) is 6.66. The molecule has 0 saturated carbocycles. The Morgan fingerprint density at radius 3 is 2.35 bits per heavy atom. The monoisotopic (exact) mass is 240 g/mol. The molecule has 0 bridgehead atoms. The maximum atomic E-state index is 12.4. The summed E-state index contributed by atoms with van der Waals surface area (Å²) in [5.74, 6) is 0.332. The number of amides is 1. The molecule has 17 heavy (non-hydrogen) atoms. The first-order chi connectivity index (χ1) is 8.19. The van der Waals surface area contributed by atoms with Crippen molar-refractivity contribution in [1.29, 1.82) is 0 Å². The molecule has 1 aliphatic heterocycles. The first-order valence-corrected chi connectivity index (χ1v) is 7.27. The Labute approximate surface area is 106 Å². The first kappa shape index (κ1) is 14.5. The average Bonchev–Trinajstić information content (AvgIpc) is 2.66. The van der Waals surface area contributed by atoms with Gasteiger partial charge in [0.25, 0.3) is 0 Å². The van der Waals surface area contributed by atoms with Crippen molar-refractivity contribution in [3.05, 3.63) is 0 Å². The van der Waals surface area contributed by atoms with Crippen LogP contribution < -0.4 is 5.32 Å². The lowest BCUT2D eigenvalue weighted by molar-refractivity contribution is -0.132. The summed E-state index contributed by atoms with van der Waals surface area (Å²) in [6, 6.07) is 0.479. The largest absolute Gasteiger partial charge is 0.323 e. The van der Waals surface area contributed by atoms with Gasteiger partial charge in [-0.3, -0.25) is 10.1 Å². The first-order valence-electron chi connectivity index (χ1n) is 7.27. The van der Waals surface area contributed by atoms with Crippen LogP contribution in [0, 0.1) is 0 Å². The highest BCUT2D eigenvalue weighted by atomic mass is 16.2. The predicted molar refractivity (Wildman–Crippen MR) is 71.7 cm³/mol. The number of hydrogen-bond acceptors (Lipinski definition) is 2. The summed E-state index contributed by atoms with van der Waals surface area (Å²) >= 11 is 0. The van der Waals surface area contributed by atoms with Crippen molar-refractivity contribution >= 4 is 5.91 Å². The quantitative estimate of drug-likeness (QED) is 0.742. The van der Waals surface area contributed by atoms with E-state index in [0.717, 1.165) is 38.5 Å². The van der Waals surface area contributed by atoms with Gasteiger partial charge in [0.1, 0.15) is 0 Å². The second kappa shape index (κ2) is 7.00. The molecule has 0 aliphatic carbocycles. The summed E-state index contributed by atoms with van der Waals surface area (Å²) in [4.78, 5) is 14.5. The summed E-state index contributed by atoms with van der Waals surface area (Å²) in [7, 11) is 0. The smallest absolute Gasteiger partial charge is 0.241 e. The zero-order valence-electron chi connectivity index (χ0n) is 11.8. The van der Waals surface area contributed by atoms with Crippen LogP contribution in [0.3, 0.4) is 0 Å². The third-order valence-corrected chi connectivity index (χ3v) is 3.85. The molecule has 1 aliphatic rings. The molecule has 1 rings (SSSR count). The number of carbonyl (C=O) groups is 1. The fourth-order valence-corrected chi connectivity index (χ4v) is 2.76. The number of unbranched alkanes of at least 4 members (excludes halogenated alkanes) is 1. The minimum Gasteiger partial charge on any atom is -0.323 e. The van der Waals surface area contributed by atoms with Gasteiger partial charge in [-0.2, -0.15) is 0 Å². The van der Waals surface area contributed by atoms with Crippen molar-refractivity contribution in [2.45, 2.75) is 84.5 Å². The normalized spacial score (nSPS) is 25.0. The van der Waals surface area contributed by atoms with Gasteiger partial charge in [-0.1, -0.05) is 40.5 Å². The van der Waals surface area contributed by atoms with Crippen molar-refractivity contribution in [3.63, 3.8) is 0 Å². The molecule has 2 unspecified atom stereocenters. The van der Waals surface area contributed by atoms with E-state index >= 15 is 0 Å². The zero-order valence-corrected chi connectivity index (χ0v) is 11.8. The Hall–Kier alpha value is -0.570. The van der Waals surface area contributed by atoms with Crippen LogP contribution in [-0.4, -0.2) is 29.1 Å². The standard InChI is InChI=1S/C14H28N2O/c1-5-9-10-12-14(17)16(11(6-2)7-3)13(8-4)15-12/h11-13,15H,5-10H2,1-4H3. The van der Waals surface area contributed by atoms with E-state index in [9.17, 15) is 4.79 Å². The Morgan fingerprint density at radius 2 is 1.88 bits per heavy atom. The van der Waals surface area contributed by atoms with E-state index in [2.05, 4.69) is 37.9 Å². The van der Waals surface area contributed by atoms with Gasteiger partial charge in [0.05, 0.1) is 12.2 Å². The lowest BCUT2D eigenvalue weighted by atomic mass is 10.1. The van der Waals surface area contributed by atoms with Gasteiger partial charge >= 0.3 is 0 Å². The van der Waals surface area contributed by atoms with Crippen LogP contribution in [0.2, 0.25) is 0 Å². The summed E-state index contributed by atoms with van der Waals surface area (Å²) < 4.78 is 0. The number of carbonyl (C=O) groups excluding carboxylic acids is 1. The van der Waals surface area contributed by atoms with E-state index in [-0.39, 0.29) is 12.2 Å². The van der Waals surface area contributed by atoms with E-state index in [1.165, 1.54) is 0 Å². The van der Waals surface area contributed by atoms with Crippen LogP contribution in [0.15, 0.2) is 0 Å². The average molecular weight is 240 g/mol. The SMILES string of the molecule is CCCCC1NC(CC)N(C(CC)CC)C1=O. The molecule has 1 saturated heterocycles. The number of nitrogens with one attached hydrogen (secondary N) is 1. The summed E-state index contributed by atoms with van der Waals surface area (Å²) in [6.45, 7) is 8.68. The minimum absolute atomic E-state index is 0.0699. The Kier molecular flexibility index (Phi) is 5.96. The van der Waals surface area contributed by atoms with Crippen molar-refractivity contribution in [1.82, 2.24) is 10.2 Å². The fraction of sp³-hybridized carbons (Fsp3) is 0.929. The highest BCUT2D eigenvalue weighted by Crippen LogP contribution is 2.23. The second-order valence-corrected chi connectivity index (χ2v) is 5.00. The lowest BCUT2D eigenvalue weighted by Gasteiger charge is -2.31. The molecule has 3 heteroatoms. The lowest BCUT2D eigenvalue weighted by Crippen LogP contribution is -2.43. The van der Waals surface area contributed by atoms with Gasteiger partial charge < -0.3 is 4.90 Å². The van der Waals surface area contributed by atoms with Crippen LogP contribution in [0.4, 0.5) is 0 Å². The summed E-state index contributed by atoms with van der Waals surface area (Å²) in [5, 5.41) is 3.50. The van der Waals surface area contributed by atoms with E-state index in [4.69, 9.17) is 0 Å². The van der Waals surface area contributed by atoms with Crippen LogP contribution in [-0.2, 0) is 4.79 Å². The topological polar surface area (TPSA) is 32.3 Å². The van der Waals surface area contributed by atoms with Crippen molar-refractivity contribution in [3.8, 4) is 0 Å². The molecule has 3 nitrogen and oxygen atoms in total. The minimum atomic E-state index is 0.0699. The highest BCUT2D eigenvalue weighted by molar-refractivity contribution is 5.84. The molecular formula is C14H28N2O. The van der Waals surface area contributed by atoms with Gasteiger partial charge in [-0.15, -0.1) is 0 Å². The van der Waals surface area contributed by atoms with Crippen LogP contribution in [0.25, 0.3) is 0 Å². The molecule has 0 spiro atoms. The molecule has 1 fully saturated rings. The van der Waals surface area contributed by atoms with E-state index in [1.807, 2.05) is 0 Å². The molecule has 0 aromatic carbocycles. The van der Waals surface area contributed by atoms with Crippen molar-refractivity contribution < 1.29 is 4.79 Å². The van der Waals surface area contributed by atoms with Gasteiger partial charge in [0, 0.05) is 6.04 Å². The van der Waals surface area contributed by atoms with Crippen molar-refractivity contribution in [2.24, 2.45) is 0 Å². The van der Waals surface area contributed by atoms with Crippen LogP contribution >= 0.6 is 0 Å².